The van der Waals surface area contributed by atoms with E-state index in [2.05, 4.69) is 16.0 Å². The fourth-order valence-corrected chi connectivity index (χ4v) is 3.73. The molecule has 2 aromatic carbocycles. The Bertz CT molecular complexity index is 912. The molecule has 1 fully saturated rings. The van der Waals surface area contributed by atoms with E-state index in [9.17, 15) is 9.65 Å². The highest BCUT2D eigenvalue weighted by molar-refractivity contribution is 5.90. The topological polar surface area (TPSA) is 40.8 Å². The predicted molar refractivity (Wildman–Crippen MR) is 92.8 cm³/mol. The van der Waals surface area contributed by atoms with Gasteiger partial charge in [-0.05, 0) is 56.3 Å². The normalized spacial score (nSPS) is 15.5. The van der Waals surface area contributed by atoms with Crippen molar-refractivity contribution in [1.82, 2.24) is 9.88 Å². The number of para-hydroxylation sites is 1. The summed E-state index contributed by atoms with van der Waals surface area (Å²) in [7, 11) is 0. The van der Waals surface area contributed by atoms with Gasteiger partial charge in [-0.1, -0.05) is 18.2 Å². The monoisotopic (exact) mass is 319 g/mol. The molecule has 24 heavy (non-hydrogen) atoms. The average molecular weight is 319 g/mol. The van der Waals surface area contributed by atoms with E-state index in [0.29, 0.717) is 5.92 Å². The molecule has 0 unspecified atom stereocenters. The number of benzene rings is 2. The third-order valence-corrected chi connectivity index (χ3v) is 4.83. The van der Waals surface area contributed by atoms with Gasteiger partial charge in [0.1, 0.15) is 11.9 Å². The summed E-state index contributed by atoms with van der Waals surface area (Å²) in [6.45, 7) is 1.92. The van der Waals surface area contributed by atoms with E-state index in [4.69, 9.17) is 0 Å². The highest BCUT2D eigenvalue weighted by Crippen LogP contribution is 2.37. The number of rotatable bonds is 2. The van der Waals surface area contributed by atoms with Crippen molar-refractivity contribution in [2.45, 2.75) is 18.8 Å². The van der Waals surface area contributed by atoms with Crippen LogP contribution in [0.4, 0.5) is 4.39 Å². The van der Waals surface area contributed by atoms with Gasteiger partial charge in [-0.2, -0.15) is 5.26 Å². The Morgan fingerprint density at radius 2 is 1.75 bits per heavy atom. The molecule has 4 heteroatoms. The van der Waals surface area contributed by atoms with Crippen LogP contribution in [0.2, 0.25) is 0 Å². The van der Waals surface area contributed by atoms with E-state index in [1.54, 1.807) is 12.1 Å². The minimum Gasteiger partial charge on any atom is -0.317 e. The molecule has 1 aliphatic rings. The first-order valence-electron chi connectivity index (χ1n) is 8.29. The van der Waals surface area contributed by atoms with Crippen LogP contribution in [0.5, 0.6) is 0 Å². The molecule has 2 heterocycles. The number of fused-ring (bicyclic) bond motifs is 1. The van der Waals surface area contributed by atoms with Gasteiger partial charge in [0.05, 0.1) is 11.1 Å². The number of nitriles is 1. The minimum absolute atomic E-state index is 0.251. The van der Waals surface area contributed by atoms with E-state index in [1.807, 2.05) is 24.3 Å². The molecular weight excluding hydrogens is 301 g/mol. The predicted octanol–water partition coefficient (Wildman–Crippen LogP) is 4.11. The standard InChI is InChI=1S/C20H18FN3/c21-15-5-7-16(8-6-15)24-19-4-2-1-3-17(19)18(13-22)20(24)14-9-11-23-12-10-14/h1-8,14,23H,9-12H2. The van der Waals surface area contributed by atoms with Crippen molar-refractivity contribution in [2.24, 2.45) is 0 Å². The lowest BCUT2D eigenvalue weighted by Crippen LogP contribution is -2.28. The summed E-state index contributed by atoms with van der Waals surface area (Å²) in [5.41, 5.74) is 3.73. The molecule has 1 saturated heterocycles. The molecule has 0 amide bonds. The Kier molecular flexibility index (Phi) is 3.79. The number of hydrogen-bond acceptors (Lipinski definition) is 2. The first kappa shape index (κ1) is 14.9. The lowest BCUT2D eigenvalue weighted by Gasteiger charge is -2.25. The lowest BCUT2D eigenvalue weighted by atomic mass is 9.91. The smallest absolute Gasteiger partial charge is 0.123 e. The quantitative estimate of drug-likeness (QED) is 0.772. The Labute approximate surface area is 140 Å². The van der Waals surface area contributed by atoms with Crippen LogP contribution in [-0.4, -0.2) is 17.7 Å². The second-order valence-electron chi connectivity index (χ2n) is 6.23. The summed E-state index contributed by atoms with van der Waals surface area (Å²) in [4.78, 5) is 0. The summed E-state index contributed by atoms with van der Waals surface area (Å²) in [6, 6.07) is 16.9. The molecule has 0 spiro atoms. The maximum Gasteiger partial charge on any atom is 0.123 e. The average Bonchev–Trinajstić information content (AvgIpc) is 2.97. The second kappa shape index (κ2) is 6.10. The molecule has 1 aliphatic heterocycles. The largest absolute Gasteiger partial charge is 0.317 e. The second-order valence-corrected chi connectivity index (χ2v) is 6.23. The Morgan fingerprint density at radius 3 is 2.46 bits per heavy atom. The Balaban J connectivity index is 2.02. The van der Waals surface area contributed by atoms with Crippen LogP contribution in [0.25, 0.3) is 16.6 Å². The first-order chi connectivity index (χ1) is 11.8. The molecule has 0 bridgehead atoms. The van der Waals surface area contributed by atoms with Gasteiger partial charge < -0.3 is 9.88 Å². The van der Waals surface area contributed by atoms with Gasteiger partial charge in [-0.3, -0.25) is 0 Å². The molecule has 0 saturated carbocycles. The van der Waals surface area contributed by atoms with Gasteiger partial charge in [0.25, 0.3) is 0 Å². The van der Waals surface area contributed by atoms with E-state index in [1.165, 1.54) is 12.1 Å². The highest BCUT2D eigenvalue weighted by Gasteiger charge is 2.26. The van der Waals surface area contributed by atoms with Crippen LogP contribution in [0.3, 0.4) is 0 Å². The number of hydrogen-bond donors (Lipinski definition) is 1. The lowest BCUT2D eigenvalue weighted by molar-refractivity contribution is 0.450. The van der Waals surface area contributed by atoms with Crippen LogP contribution in [0.1, 0.15) is 30.0 Å². The van der Waals surface area contributed by atoms with Crippen molar-refractivity contribution in [3.8, 4) is 11.8 Å². The van der Waals surface area contributed by atoms with Gasteiger partial charge >= 0.3 is 0 Å². The zero-order chi connectivity index (χ0) is 16.5. The van der Waals surface area contributed by atoms with Gasteiger partial charge in [0.15, 0.2) is 0 Å². The van der Waals surface area contributed by atoms with Gasteiger partial charge in [-0.15, -0.1) is 0 Å². The van der Waals surface area contributed by atoms with E-state index in [-0.39, 0.29) is 5.82 Å². The molecule has 1 N–H and O–H groups in total. The summed E-state index contributed by atoms with van der Waals surface area (Å²) in [6.07, 6.45) is 2.01. The van der Waals surface area contributed by atoms with E-state index >= 15 is 0 Å². The SMILES string of the molecule is N#Cc1c(C2CCNCC2)n(-c2ccc(F)cc2)c2ccccc12. The molecule has 0 atom stereocenters. The van der Waals surface area contributed by atoms with Crippen molar-refractivity contribution < 1.29 is 4.39 Å². The molecule has 0 aliphatic carbocycles. The molecule has 120 valence electrons. The Hall–Kier alpha value is -2.64. The molecular formula is C20H18FN3. The van der Waals surface area contributed by atoms with Crippen molar-refractivity contribution in [3.63, 3.8) is 0 Å². The van der Waals surface area contributed by atoms with Gasteiger partial charge in [0, 0.05) is 22.7 Å². The molecule has 4 rings (SSSR count). The summed E-state index contributed by atoms with van der Waals surface area (Å²) in [5.74, 6) is 0.0810. The molecule has 0 radical (unpaired) electrons. The van der Waals surface area contributed by atoms with Crippen molar-refractivity contribution in [2.75, 3.05) is 13.1 Å². The molecule has 1 aromatic heterocycles. The Morgan fingerprint density at radius 1 is 1.04 bits per heavy atom. The number of nitrogens with zero attached hydrogens (tertiary/aromatic N) is 2. The number of piperidine rings is 1. The maximum atomic E-state index is 13.4. The summed E-state index contributed by atoms with van der Waals surface area (Å²) >= 11 is 0. The highest BCUT2D eigenvalue weighted by atomic mass is 19.1. The number of halogens is 1. The van der Waals surface area contributed by atoms with Crippen molar-refractivity contribution in [1.29, 1.82) is 5.26 Å². The molecule has 3 aromatic rings. The third kappa shape index (κ3) is 2.38. The van der Waals surface area contributed by atoms with Crippen LogP contribution in [-0.2, 0) is 0 Å². The van der Waals surface area contributed by atoms with E-state index in [0.717, 1.165) is 53.8 Å². The summed E-state index contributed by atoms with van der Waals surface area (Å²) < 4.78 is 15.5. The fraction of sp³-hybridized carbons (Fsp3) is 0.250. The first-order valence-corrected chi connectivity index (χ1v) is 8.29. The summed E-state index contributed by atoms with van der Waals surface area (Å²) in [5, 5.41) is 14.2. The number of aromatic nitrogens is 1. The van der Waals surface area contributed by atoms with Crippen molar-refractivity contribution >= 4 is 10.9 Å². The molecule has 3 nitrogen and oxygen atoms in total. The third-order valence-electron chi connectivity index (χ3n) is 4.83. The number of nitrogens with one attached hydrogen (secondary N) is 1. The zero-order valence-corrected chi connectivity index (χ0v) is 13.3. The minimum atomic E-state index is -0.251. The fourth-order valence-electron chi connectivity index (χ4n) is 3.73. The van der Waals surface area contributed by atoms with Crippen LogP contribution in [0, 0.1) is 17.1 Å². The van der Waals surface area contributed by atoms with E-state index < -0.39 is 0 Å². The van der Waals surface area contributed by atoms with Gasteiger partial charge in [-0.25, -0.2) is 4.39 Å². The van der Waals surface area contributed by atoms with Crippen LogP contribution < -0.4 is 5.32 Å². The zero-order valence-electron chi connectivity index (χ0n) is 13.3. The van der Waals surface area contributed by atoms with Crippen molar-refractivity contribution in [3.05, 3.63) is 65.6 Å². The van der Waals surface area contributed by atoms with Crippen LogP contribution >= 0.6 is 0 Å². The van der Waals surface area contributed by atoms with Crippen LogP contribution in [0.15, 0.2) is 48.5 Å². The maximum absolute atomic E-state index is 13.4. The van der Waals surface area contributed by atoms with Gasteiger partial charge in [0.2, 0.25) is 0 Å².